The minimum atomic E-state index is -0.980. The first-order valence-corrected chi connectivity index (χ1v) is 7.60. The highest BCUT2D eigenvalue weighted by Gasteiger charge is 2.15. The van der Waals surface area contributed by atoms with E-state index < -0.39 is 5.97 Å². The molecule has 5 heteroatoms. The van der Waals surface area contributed by atoms with Gasteiger partial charge in [0.1, 0.15) is 4.88 Å². The van der Waals surface area contributed by atoms with Gasteiger partial charge in [-0.2, -0.15) is 0 Å². The summed E-state index contributed by atoms with van der Waals surface area (Å²) in [7, 11) is 0. The minimum Gasteiger partial charge on any atom is -0.477 e. The van der Waals surface area contributed by atoms with Gasteiger partial charge in [-0.15, -0.1) is 11.3 Å². The molecule has 1 aromatic rings. The summed E-state index contributed by atoms with van der Waals surface area (Å²) in [4.78, 5) is 23.2. The highest BCUT2D eigenvalue weighted by atomic mass is 32.1. The topological polar surface area (TPSA) is 66.4 Å². The van der Waals surface area contributed by atoms with Crippen LogP contribution in [0.2, 0.25) is 0 Å². The van der Waals surface area contributed by atoms with Crippen LogP contribution >= 0.6 is 11.3 Å². The van der Waals surface area contributed by atoms with Gasteiger partial charge in [0.05, 0.1) is 4.88 Å². The highest BCUT2D eigenvalue weighted by molar-refractivity contribution is 7.15. The third-order valence-corrected chi connectivity index (χ3v) is 4.68. The first-order chi connectivity index (χ1) is 9.16. The number of aromatic carboxylic acids is 1. The maximum absolute atomic E-state index is 11.8. The first kappa shape index (κ1) is 14.1. The van der Waals surface area contributed by atoms with E-state index in [9.17, 15) is 9.59 Å². The normalized spacial score (nSPS) is 16.2. The van der Waals surface area contributed by atoms with E-state index in [4.69, 9.17) is 5.11 Å². The summed E-state index contributed by atoms with van der Waals surface area (Å²) in [5.41, 5.74) is 0. The van der Waals surface area contributed by atoms with E-state index in [-0.39, 0.29) is 10.8 Å². The van der Waals surface area contributed by atoms with Crippen molar-refractivity contribution in [2.45, 2.75) is 38.5 Å². The fourth-order valence-corrected chi connectivity index (χ4v) is 3.29. The van der Waals surface area contributed by atoms with Crippen molar-refractivity contribution in [1.29, 1.82) is 0 Å². The fraction of sp³-hybridized carbons (Fsp3) is 0.571. The molecule has 1 heterocycles. The number of hydrogen-bond acceptors (Lipinski definition) is 3. The van der Waals surface area contributed by atoms with Gasteiger partial charge in [-0.05, 0) is 24.5 Å². The van der Waals surface area contributed by atoms with Crippen molar-refractivity contribution < 1.29 is 14.7 Å². The lowest BCUT2D eigenvalue weighted by Crippen LogP contribution is -2.25. The molecule has 104 valence electrons. The van der Waals surface area contributed by atoms with Gasteiger partial charge in [0, 0.05) is 6.54 Å². The third kappa shape index (κ3) is 4.06. The van der Waals surface area contributed by atoms with Gasteiger partial charge in [0.15, 0.2) is 0 Å². The Morgan fingerprint density at radius 2 is 1.89 bits per heavy atom. The molecule has 19 heavy (non-hydrogen) atoms. The molecule has 1 saturated carbocycles. The summed E-state index contributed by atoms with van der Waals surface area (Å²) in [6, 6.07) is 3.05. The Balaban J connectivity index is 1.75. The first-order valence-electron chi connectivity index (χ1n) is 6.78. The molecule has 4 nitrogen and oxygen atoms in total. The van der Waals surface area contributed by atoms with Crippen molar-refractivity contribution in [2.24, 2.45) is 5.92 Å². The van der Waals surface area contributed by atoms with E-state index in [0.717, 1.165) is 23.7 Å². The quantitative estimate of drug-likeness (QED) is 0.871. The minimum absolute atomic E-state index is 0.159. The van der Waals surface area contributed by atoms with Crippen LogP contribution in [0.3, 0.4) is 0 Å². The lowest BCUT2D eigenvalue weighted by atomic mass is 9.87. The number of hydrogen-bond donors (Lipinski definition) is 2. The van der Waals surface area contributed by atoms with E-state index >= 15 is 0 Å². The number of carboxylic acid groups (broad SMARTS) is 1. The van der Waals surface area contributed by atoms with E-state index in [1.165, 1.54) is 38.2 Å². The Morgan fingerprint density at radius 1 is 1.21 bits per heavy atom. The summed E-state index contributed by atoms with van der Waals surface area (Å²) >= 11 is 1.02. The summed E-state index contributed by atoms with van der Waals surface area (Å²) in [6.07, 6.45) is 7.55. The summed E-state index contributed by atoms with van der Waals surface area (Å²) in [5, 5.41) is 11.7. The second-order valence-corrected chi connectivity index (χ2v) is 6.10. The predicted octanol–water partition coefficient (Wildman–Crippen LogP) is 3.15. The largest absolute Gasteiger partial charge is 0.477 e. The van der Waals surface area contributed by atoms with Crippen LogP contribution in [0.5, 0.6) is 0 Å². The molecular weight excluding hydrogens is 262 g/mol. The predicted molar refractivity (Wildman–Crippen MR) is 74.8 cm³/mol. The molecule has 2 rings (SSSR count). The second-order valence-electron chi connectivity index (χ2n) is 5.02. The van der Waals surface area contributed by atoms with Crippen LogP contribution in [0.1, 0.15) is 57.9 Å². The van der Waals surface area contributed by atoms with Crippen LogP contribution < -0.4 is 5.32 Å². The van der Waals surface area contributed by atoms with E-state index in [0.29, 0.717) is 11.4 Å². The zero-order chi connectivity index (χ0) is 13.7. The lowest BCUT2D eigenvalue weighted by molar-refractivity contribution is 0.0702. The standard InChI is InChI=1S/C14H19NO3S/c16-13(11-6-7-12(19-11)14(17)18)15-9-8-10-4-2-1-3-5-10/h6-7,10H,1-5,8-9H2,(H,15,16)(H,17,18). The number of carbonyl (C=O) groups is 2. The van der Waals surface area contributed by atoms with Crippen LogP contribution in [0, 0.1) is 5.92 Å². The van der Waals surface area contributed by atoms with E-state index in [1.54, 1.807) is 6.07 Å². The van der Waals surface area contributed by atoms with E-state index in [2.05, 4.69) is 5.32 Å². The van der Waals surface area contributed by atoms with Gasteiger partial charge in [0.25, 0.3) is 5.91 Å². The van der Waals surface area contributed by atoms with Gasteiger partial charge in [0.2, 0.25) is 0 Å². The molecule has 0 aliphatic heterocycles. The molecule has 1 aliphatic carbocycles. The van der Waals surface area contributed by atoms with Gasteiger partial charge in [-0.1, -0.05) is 32.1 Å². The number of carbonyl (C=O) groups excluding carboxylic acids is 1. The lowest BCUT2D eigenvalue weighted by Gasteiger charge is -2.21. The van der Waals surface area contributed by atoms with Crippen LogP contribution in [0.4, 0.5) is 0 Å². The van der Waals surface area contributed by atoms with Gasteiger partial charge >= 0.3 is 5.97 Å². The van der Waals surface area contributed by atoms with Crippen molar-refractivity contribution >= 4 is 23.2 Å². The molecule has 0 aromatic carbocycles. The zero-order valence-corrected chi connectivity index (χ0v) is 11.7. The smallest absolute Gasteiger partial charge is 0.345 e. The Labute approximate surface area is 116 Å². The molecule has 0 bridgehead atoms. The van der Waals surface area contributed by atoms with Crippen molar-refractivity contribution in [3.63, 3.8) is 0 Å². The zero-order valence-electron chi connectivity index (χ0n) is 10.9. The molecule has 0 atom stereocenters. The number of nitrogens with one attached hydrogen (secondary N) is 1. The maximum Gasteiger partial charge on any atom is 0.345 e. The summed E-state index contributed by atoms with van der Waals surface area (Å²) in [6.45, 7) is 0.684. The van der Waals surface area contributed by atoms with Crippen LogP contribution in [0.25, 0.3) is 0 Å². The van der Waals surface area contributed by atoms with Crippen molar-refractivity contribution in [1.82, 2.24) is 5.32 Å². The van der Waals surface area contributed by atoms with Gasteiger partial charge in [-0.3, -0.25) is 4.79 Å². The Hall–Kier alpha value is -1.36. The second kappa shape index (κ2) is 6.70. The Morgan fingerprint density at radius 3 is 2.53 bits per heavy atom. The molecule has 2 N–H and O–H groups in total. The van der Waals surface area contributed by atoms with Crippen LogP contribution in [-0.4, -0.2) is 23.5 Å². The molecule has 1 aliphatic rings. The van der Waals surface area contributed by atoms with Crippen molar-refractivity contribution in [3.05, 3.63) is 21.9 Å². The molecule has 0 saturated heterocycles. The summed E-state index contributed by atoms with van der Waals surface area (Å²) in [5.74, 6) is -0.397. The molecular formula is C14H19NO3S. The van der Waals surface area contributed by atoms with Crippen LogP contribution in [0.15, 0.2) is 12.1 Å². The van der Waals surface area contributed by atoms with Crippen molar-refractivity contribution in [3.8, 4) is 0 Å². The Kier molecular flexibility index (Phi) is 4.96. The Bertz CT molecular complexity index is 449. The maximum atomic E-state index is 11.8. The molecule has 0 unspecified atom stereocenters. The molecule has 1 amide bonds. The van der Waals surface area contributed by atoms with Crippen molar-refractivity contribution in [2.75, 3.05) is 6.54 Å². The number of carboxylic acids is 1. The van der Waals surface area contributed by atoms with Gasteiger partial charge in [-0.25, -0.2) is 4.79 Å². The van der Waals surface area contributed by atoms with Gasteiger partial charge < -0.3 is 10.4 Å². The molecule has 1 fully saturated rings. The summed E-state index contributed by atoms with van der Waals surface area (Å²) < 4.78 is 0. The number of rotatable bonds is 5. The SMILES string of the molecule is O=C(O)c1ccc(C(=O)NCCC2CCCCC2)s1. The monoisotopic (exact) mass is 281 g/mol. The average Bonchev–Trinajstić information content (AvgIpc) is 2.89. The third-order valence-electron chi connectivity index (χ3n) is 3.60. The average molecular weight is 281 g/mol. The molecule has 1 aromatic heterocycles. The highest BCUT2D eigenvalue weighted by Crippen LogP contribution is 2.25. The van der Waals surface area contributed by atoms with Crippen LogP contribution in [-0.2, 0) is 0 Å². The number of amides is 1. The molecule has 0 spiro atoms. The fourth-order valence-electron chi connectivity index (χ4n) is 2.53. The number of thiophene rings is 1. The van der Waals surface area contributed by atoms with E-state index in [1.807, 2.05) is 0 Å². The molecule has 0 radical (unpaired) electrons.